The summed E-state index contributed by atoms with van der Waals surface area (Å²) < 4.78 is 16.9. The van der Waals surface area contributed by atoms with E-state index in [1.54, 1.807) is 0 Å². The zero-order chi connectivity index (χ0) is 57.1. The maximum atomic E-state index is 12.9. The van der Waals surface area contributed by atoms with Gasteiger partial charge < -0.3 is 14.2 Å². The quantitative estimate of drug-likeness (QED) is 0.0261. The van der Waals surface area contributed by atoms with E-state index < -0.39 is 6.10 Å². The number of carbonyl (C=O) groups excluding carboxylic acids is 3. The van der Waals surface area contributed by atoms with E-state index in [1.807, 2.05) is 0 Å². The van der Waals surface area contributed by atoms with Crippen molar-refractivity contribution < 1.29 is 28.6 Å². The van der Waals surface area contributed by atoms with Gasteiger partial charge in [-0.25, -0.2) is 0 Å². The van der Waals surface area contributed by atoms with Gasteiger partial charge in [-0.1, -0.05) is 352 Å². The van der Waals surface area contributed by atoms with Gasteiger partial charge in [0, 0.05) is 19.3 Å². The maximum Gasteiger partial charge on any atom is 0.306 e. The van der Waals surface area contributed by atoms with E-state index in [-0.39, 0.29) is 31.1 Å². The van der Waals surface area contributed by atoms with Gasteiger partial charge in [-0.15, -0.1) is 0 Å². The second-order valence-electron chi connectivity index (χ2n) is 23.8. The zero-order valence-electron chi connectivity index (χ0n) is 53.2. The predicted molar refractivity (Wildman–Crippen MR) is 344 cm³/mol. The Hall–Kier alpha value is -2.63. The van der Waals surface area contributed by atoms with Crippen LogP contribution in [0.4, 0.5) is 0 Å². The van der Waals surface area contributed by atoms with Crippen molar-refractivity contribution in [1.82, 2.24) is 0 Å². The standard InChI is InChI=1S/C73H134O6/c1-4-7-10-13-16-19-21-23-25-27-29-30-31-32-33-34-35-36-37-38-39-40-41-42-43-44-45-47-48-50-52-54-57-60-63-66-72(75)78-69-70(68-77-71(74)65-62-59-56-18-15-12-9-6-3)79-73(76)67-64-61-58-55-53-51-49-46-28-26-24-22-20-17-14-11-8-5-2/h7,10,16,19,23,25,29-30,70H,4-6,8-9,11-15,17-18,20-22,24,26-28,31-69H2,1-3H3/b10-7-,19-16-,25-23-,30-29-. The van der Waals surface area contributed by atoms with Gasteiger partial charge in [0.25, 0.3) is 0 Å². The van der Waals surface area contributed by atoms with Crippen LogP contribution in [0.3, 0.4) is 0 Å². The number of ether oxygens (including phenoxy) is 3. The molecule has 0 bridgehead atoms. The molecular weight excluding hydrogens is 973 g/mol. The van der Waals surface area contributed by atoms with Gasteiger partial charge in [0.05, 0.1) is 0 Å². The smallest absolute Gasteiger partial charge is 0.306 e. The Morgan fingerprint density at radius 2 is 0.494 bits per heavy atom. The Morgan fingerprint density at radius 3 is 0.772 bits per heavy atom. The molecule has 0 saturated carbocycles. The largest absolute Gasteiger partial charge is 0.462 e. The first-order valence-corrected chi connectivity index (χ1v) is 35.1. The summed E-state index contributed by atoms with van der Waals surface area (Å²) in [7, 11) is 0. The van der Waals surface area contributed by atoms with Crippen molar-refractivity contribution in [3.05, 3.63) is 48.6 Å². The zero-order valence-corrected chi connectivity index (χ0v) is 53.2. The number of hydrogen-bond donors (Lipinski definition) is 0. The second kappa shape index (κ2) is 67.9. The number of carbonyl (C=O) groups is 3. The Morgan fingerprint density at radius 1 is 0.266 bits per heavy atom. The van der Waals surface area contributed by atoms with Crippen LogP contribution in [0.1, 0.15) is 380 Å². The molecule has 0 aromatic rings. The fourth-order valence-corrected chi connectivity index (χ4v) is 10.6. The topological polar surface area (TPSA) is 78.9 Å². The Kier molecular flexibility index (Phi) is 65.6. The first-order chi connectivity index (χ1) is 39.0. The van der Waals surface area contributed by atoms with Gasteiger partial charge in [0.1, 0.15) is 13.2 Å². The Balaban J connectivity index is 3.97. The lowest BCUT2D eigenvalue weighted by atomic mass is 10.0. The van der Waals surface area contributed by atoms with Crippen LogP contribution < -0.4 is 0 Å². The summed E-state index contributed by atoms with van der Waals surface area (Å²) in [6, 6.07) is 0. The number of unbranched alkanes of at least 4 members (excludes halogenated alkanes) is 46. The van der Waals surface area contributed by atoms with Crippen LogP contribution in [0.15, 0.2) is 48.6 Å². The lowest BCUT2D eigenvalue weighted by Crippen LogP contribution is -2.30. The summed E-state index contributed by atoms with van der Waals surface area (Å²) in [5.41, 5.74) is 0. The van der Waals surface area contributed by atoms with E-state index in [4.69, 9.17) is 14.2 Å². The fraction of sp³-hybridized carbons (Fsp3) is 0.849. The van der Waals surface area contributed by atoms with Crippen LogP contribution in [-0.2, 0) is 28.6 Å². The molecule has 0 radical (unpaired) electrons. The van der Waals surface area contributed by atoms with Crippen molar-refractivity contribution in [2.75, 3.05) is 13.2 Å². The molecule has 0 aliphatic carbocycles. The highest BCUT2D eigenvalue weighted by Crippen LogP contribution is 2.19. The molecule has 0 rings (SSSR count). The third-order valence-electron chi connectivity index (χ3n) is 15.8. The summed E-state index contributed by atoms with van der Waals surface area (Å²) in [4.78, 5) is 38.2. The number of allylic oxidation sites excluding steroid dienone is 8. The summed E-state index contributed by atoms with van der Waals surface area (Å²) in [6.07, 6.45) is 86.0. The minimum Gasteiger partial charge on any atom is -0.462 e. The highest BCUT2D eigenvalue weighted by molar-refractivity contribution is 5.71. The van der Waals surface area contributed by atoms with Crippen molar-refractivity contribution in [1.29, 1.82) is 0 Å². The second-order valence-corrected chi connectivity index (χ2v) is 23.8. The molecule has 1 atom stereocenters. The highest BCUT2D eigenvalue weighted by Gasteiger charge is 2.19. The van der Waals surface area contributed by atoms with Crippen molar-refractivity contribution in [2.45, 2.75) is 386 Å². The molecule has 0 aromatic carbocycles. The van der Waals surface area contributed by atoms with Crippen LogP contribution in [0.5, 0.6) is 0 Å². The van der Waals surface area contributed by atoms with Crippen molar-refractivity contribution in [2.24, 2.45) is 0 Å². The predicted octanol–water partition coefficient (Wildman–Crippen LogP) is 24.1. The van der Waals surface area contributed by atoms with Gasteiger partial charge >= 0.3 is 17.9 Å². The third kappa shape index (κ3) is 66.1. The molecule has 0 amide bonds. The van der Waals surface area contributed by atoms with Crippen LogP contribution in [0.25, 0.3) is 0 Å². The number of esters is 3. The molecule has 79 heavy (non-hydrogen) atoms. The minimum absolute atomic E-state index is 0.0649. The van der Waals surface area contributed by atoms with Gasteiger partial charge in [0.15, 0.2) is 6.10 Å². The lowest BCUT2D eigenvalue weighted by molar-refractivity contribution is -0.167. The Labute approximate surface area is 492 Å². The van der Waals surface area contributed by atoms with Gasteiger partial charge in [0.2, 0.25) is 0 Å². The maximum absolute atomic E-state index is 12.9. The third-order valence-corrected chi connectivity index (χ3v) is 15.8. The summed E-state index contributed by atoms with van der Waals surface area (Å²) >= 11 is 0. The van der Waals surface area contributed by atoms with Crippen LogP contribution in [-0.4, -0.2) is 37.2 Å². The molecule has 0 heterocycles. The highest BCUT2D eigenvalue weighted by atomic mass is 16.6. The first-order valence-electron chi connectivity index (χ1n) is 35.1. The number of rotatable bonds is 65. The fourth-order valence-electron chi connectivity index (χ4n) is 10.6. The van der Waals surface area contributed by atoms with Gasteiger partial charge in [-0.3, -0.25) is 14.4 Å². The molecule has 0 fully saturated rings. The van der Waals surface area contributed by atoms with Crippen LogP contribution >= 0.6 is 0 Å². The molecule has 1 unspecified atom stereocenters. The Bertz CT molecular complexity index is 1360. The van der Waals surface area contributed by atoms with Gasteiger partial charge in [-0.2, -0.15) is 0 Å². The van der Waals surface area contributed by atoms with Crippen molar-refractivity contribution in [3.8, 4) is 0 Å². The van der Waals surface area contributed by atoms with Crippen LogP contribution in [0, 0.1) is 0 Å². The van der Waals surface area contributed by atoms with E-state index in [1.165, 1.54) is 257 Å². The van der Waals surface area contributed by atoms with E-state index in [0.29, 0.717) is 19.3 Å². The molecule has 0 aliphatic heterocycles. The average Bonchev–Trinajstić information content (AvgIpc) is 3.45. The van der Waals surface area contributed by atoms with E-state index in [2.05, 4.69) is 69.4 Å². The van der Waals surface area contributed by atoms with Gasteiger partial charge in [-0.05, 0) is 57.8 Å². The molecule has 0 N–H and O–H groups in total. The molecule has 6 heteroatoms. The summed E-state index contributed by atoms with van der Waals surface area (Å²) in [6.45, 7) is 6.56. The van der Waals surface area contributed by atoms with Crippen molar-refractivity contribution in [3.63, 3.8) is 0 Å². The lowest BCUT2D eigenvalue weighted by Gasteiger charge is -2.18. The molecule has 6 nitrogen and oxygen atoms in total. The summed E-state index contributed by atoms with van der Waals surface area (Å²) in [5.74, 6) is -0.841. The number of hydrogen-bond acceptors (Lipinski definition) is 6. The van der Waals surface area contributed by atoms with E-state index in [0.717, 1.165) is 83.5 Å². The minimum atomic E-state index is -0.765. The molecule has 0 saturated heterocycles. The SMILES string of the molecule is CC/C=C\C/C=C\C/C=C\C/C=C\CCCCCCCCCCCCCCCCCCCCCCCCC(=O)OCC(COC(=O)CCCCCCCCCC)OC(=O)CCCCCCCCCCCCCCCCCCCC. The molecular formula is C73H134O6. The molecule has 0 spiro atoms. The van der Waals surface area contributed by atoms with E-state index in [9.17, 15) is 14.4 Å². The average molecular weight is 1110 g/mol. The van der Waals surface area contributed by atoms with Crippen LogP contribution in [0.2, 0.25) is 0 Å². The van der Waals surface area contributed by atoms with E-state index >= 15 is 0 Å². The first kappa shape index (κ1) is 76.4. The van der Waals surface area contributed by atoms with Crippen molar-refractivity contribution >= 4 is 17.9 Å². The molecule has 0 aromatic heterocycles. The molecule has 0 aliphatic rings. The summed E-state index contributed by atoms with van der Waals surface area (Å²) in [5, 5.41) is 0. The molecule has 462 valence electrons. The monoisotopic (exact) mass is 1110 g/mol. The normalized spacial score (nSPS) is 12.3.